The van der Waals surface area contributed by atoms with Gasteiger partial charge in [0, 0.05) is 57.0 Å². The topological polar surface area (TPSA) is 48.3 Å². The van der Waals surface area contributed by atoms with Gasteiger partial charge in [-0.1, -0.05) is 6.07 Å². The molecule has 1 aromatic carbocycles. The fraction of sp³-hybridized carbons (Fsp3) is 0.526. The Hall–Kier alpha value is -2.42. The number of terminal acetylenes is 1. The molecule has 1 atom stereocenters. The van der Waals surface area contributed by atoms with E-state index >= 15 is 0 Å². The monoisotopic (exact) mass is 342 g/mol. The normalized spacial score (nSPS) is 21.1. The first kappa shape index (κ1) is 17.4. The van der Waals surface area contributed by atoms with Gasteiger partial charge < -0.3 is 9.80 Å². The van der Waals surface area contributed by atoms with E-state index in [-0.39, 0.29) is 17.8 Å². The molecule has 0 saturated carbocycles. The minimum atomic E-state index is -0.408. The number of hydrogen-bond donors (Lipinski definition) is 0. The van der Waals surface area contributed by atoms with Gasteiger partial charge in [-0.3, -0.25) is 4.79 Å². The molecule has 0 aliphatic carbocycles. The standard InChI is InChI=1S/C19H23FN4O/c1-3-4-9-19(21-22-19)10-8-18(25)24-12-11-23(14-15(24)2)17-7-5-6-16(20)13-17/h1,5-7,13,15H,4,8-12,14H2,2H3. The Labute approximate surface area is 147 Å². The molecule has 0 N–H and O–H groups in total. The maximum Gasteiger partial charge on any atom is 0.223 e. The second-order valence-corrected chi connectivity index (χ2v) is 6.75. The van der Waals surface area contributed by atoms with Gasteiger partial charge >= 0.3 is 0 Å². The van der Waals surface area contributed by atoms with E-state index in [0.29, 0.717) is 38.9 Å². The number of hydrogen-bond acceptors (Lipinski definition) is 4. The molecule has 6 heteroatoms. The van der Waals surface area contributed by atoms with Crippen LogP contribution in [0.1, 0.15) is 32.6 Å². The summed E-state index contributed by atoms with van der Waals surface area (Å²) in [7, 11) is 0. The fourth-order valence-electron chi connectivity index (χ4n) is 3.35. The molecule has 2 aliphatic heterocycles. The quantitative estimate of drug-likeness (QED) is 0.745. The number of carbonyl (C=O) groups is 1. The second kappa shape index (κ2) is 7.22. The fourth-order valence-corrected chi connectivity index (χ4v) is 3.35. The van der Waals surface area contributed by atoms with E-state index in [1.165, 1.54) is 12.1 Å². The summed E-state index contributed by atoms with van der Waals surface area (Å²) < 4.78 is 13.4. The van der Waals surface area contributed by atoms with Crippen LogP contribution in [0.2, 0.25) is 0 Å². The van der Waals surface area contributed by atoms with E-state index in [0.717, 1.165) is 12.1 Å². The number of halogens is 1. The highest BCUT2D eigenvalue weighted by Gasteiger charge is 2.40. The van der Waals surface area contributed by atoms with Crippen molar-refractivity contribution in [3.63, 3.8) is 0 Å². The highest BCUT2D eigenvalue weighted by Crippen LogP contribution is 2.37. The number of carbonyl (C=O) groups excluding carboxylic acids is 1. The zero-order chi connectivity index (χ0) is 17.9. The number of piperazine rings is 1. The highest BCUT2D eigenvalue weighted by molar-refractivity contribution is 5.77. The number of rotatable bonds is 6. The summed E-state index contributed by atoms with van der Waals surface area (Å²) in [6.07, 6.45) is 7.70. The maximum atomic E-state index is 13.4. The molecule has 2 heterocycles. The van der Waals surface area contributed by atoms with Crippen molar-refractivity contribution in [3.8, 4) is 12.3 Å². The zero-order valence-corrected chi connectivity index (χ0v) is 14.5. The zero-order valence-electron chi connectivity index (χ0n) is 14.5. The van der Waals surface area contributed by atoms with Gasteiger partial charge in [0.25, 0.3) is 0 Å². The van der Waals surface area contributed by atoms with Gasteiger partial charge in [-0.2, -0.15) is 10.2 Å². The van der Waals surface area contributed by atoms with Crippen LogP contribution in [0.4, 0.5) is 10.1 Å². The predicted molar refractivity (Wildman–Crippen MR) is 94.7 cm³/mol. The summed E-state index contributed by atoms with van der Waals surface area (Å²) in [6, 6.07) is 6.68. The van der Waals surface area contributed by atoms with Gasteiger partial charge in [0.2, 0.25) is 5.91 Å². The Morgan fingerprint density at radius 1 is 1.40 bits per heavy atom. The number of nitrogens with zero attached hydrogens (tertiary/aromatic N) is 4. The largest absolute Gasteiger partial charge is 0.368 e. The maximum absolute atomic E-state index is 13.4. The van der Waals surface area contributed by atoms with E-state index in [1.807, 2.05) is 17.9 Å². The van der Waals surface area contributed by atoms with Crippen molar-refractivity contribution in [3.05, 3.63) is 30.1 Å². The van der Waals surface area contributed by atoms with E-state index in [1.54, 1.807) is 6.07 Å². The van der Waals surface area contributed by atoms with Crippen molar-refractivity contribution in [2.75, 3.05) is 24.5 Å². The molecule has 1 unspecified atom stereocenters. The molecular formula is C19H23FN4O. The van der Waals surface area contributed by atoms with Gasteiger partial charge in [-0.25, -0.2) is 4.39 Å². The molecular weight excluding hydrogens is 319 g/mol. The van der Waals surface area contributed by atoms with Crippen molar-refractivity contribution in [2.24, 2.45) is 10.2 Å². The molecule has 25 heavy (non-hydrogen) atoms. The number of anilines is 1. The summed E-state index contributed by atoms with van der Waals surface area (Å²) in [4.78, 5) is 16.6. The van der Waals surface area contributed by atoms with Crippen LogP contribution in [0.15, 0.2) is 34.5 Å². The summed E-state index contributed by atoms with van der Waals surface area (Å²) in [5.41, 5.74) is 0.456. The summed E-state index contributed by atoms with van der Waals surface area (Å²) in [5.74, 6) is 2.49. The lowest BCUT2D eigenvalue weighted by molar-refractivity contribution is -0.133. The molecule has 3 rings (SSSR count). The molecule has 132 valence electrons. The van der Waals surface area contributed by atoms with E-state index < -0.39 is 5.66 Å². The Morgan fingerprint density at radius 2 is 2.20 bits per heavy atom. The third-order valence-electron chi connectivity index (χ3n) is 4.91. The van der Waals surface area contributed by atoms with Crippen LogP contribution >= 0.6 is 0 Å². The summed E-state index contributed by atoms with van der Waals surface area (Å²) >= 11 is 0. The molecule has 5 nitrogen and oxygen atoms in total. The van der Waals surface area contributed by atoms with E-state index in [9.17, 15) is 9.18 Å². The smallest absolute Gasteiger partial charge is 0.223 e. The van der Waals surface area contributed by atoms with Gasteiger partial charge in [-0.15, -0.1) is 12.3 Å². The van der Waals surface area contributed by atoms with Crippen molar-refractivity contribution < 1.29 is 9.18 Å². The van der Waals surface area contributed by atoms with Crippen LogP contribution in [0.5, 0.6) is 0 Å². The molecule has 1 saturated heterocycles. The molecule has 0 bridgehead atoms. The van der Waals surface area contributed by atoms with Crippen molar-refractivity contribution in [1.82, 2.24) is 4.90 Å². The highest BCUT2D eigenvalue weighted by atomic mass is 19.1. The van der Waals surface area contributed by atoms with Crippen LogP contribution in [0.25, 0.3) is 0 Å². The predicted octanol–water partition coefficient (Wildman–Crippen LogP) is 3.22. The lowest BCUT2D eigenvalue weighted by Gasteiger charge is -2.41. The molecule has 1 fully saturated rings. The molecule has 1 aromatic rings. The minimum Gasteiger partial charge on any atom is -0.368 e. The van der Waals surface area contributed by atoms with Crippen LogP contribution in [0.3, 0.4) is 0 Å². The minimum absolute atomic E-state index is 0.0826. The third-order valence-corrected chi connectivity index (χ3v) is 4.91. The third kappa shape index (κ3) is 4.16. The van der Waals surface area contributed by atoms with Crippen molar-refractivity contribution >= 4 is 11.6 Å². The number of amides is 1. The van der Waals surface area contributed by atoms with Crippen LogP contribution in [-0.2, 0) is 4.79 Å². The van der Waals surface area contributed by atoms with Crippen LogP contribution < -0.4 is 4.90 Å². The summed E-state index contributed by atoms with van der Waals surface area (Å²) in [6.45, 7) is 4.08. The number of benzene rings is 1. The van der Waals surface area contributed by atoms with Gasteiger partial charge in [-0.05, 0) is 25.1 Å². The van der Waals surface area contributed by atoms with E-state index in [2.05, 4.69) is 21.0 Å². The Balaban J connectivity index is 1.51. The van der Waals surface area contributed by atoms with Crippen molar-refractivity contribution in [2.45, 2.75) is 44.3 Å². The Bertz CT molecular complexity index is 706. The van der Waals surface area contributed by atoms with E-state index in [4.69, 9.17) is 6.42 Å². The Morgan fingerprint density at radius 3 is 2.84 bits per heavy atom. The average Bonchev–Trinajstić information content (AvgIpc) is 3.38. The molecule has 0 aromatic heterocycles. The first-order valence-corrected chi connectivity index (χ1v) is 8.70. The van der Waals surface area contributed by atoms with Gasteiger partial charge in [0.05, 0.1) is 0 Å². The first-order valence-electron chi connectivity index (χ1n) is 8.70. The van der Waals surface area contributed by atoms with Gasteiger partial charge in [0.15, 0.2) is 5.66 Å². The molecule has 0 spiro atoms. The first-order chi connectivity index (χ1) is 12.0. The lowest BCUT2D eigenvalue weighted by atomic mass is 10.0. The summed E-state index contributed by atoms with van der Waals surface area (Å²) in [5, 5.41) is 8.16. The lowest BCUT2D eigenvalue weighted by Crippen LogP contribution is -2.54. The van der Waals surface area contributed by atoms with Gasteiger partial charge in [0.1, 0.15) is 5.82 Å². The SMILES string of the molecule is C#CCCC1(CCC(=O)N2CCN(c3cccc(F)c3)CC2C)N=N1. The second-order valence-electron chi connectivity index (χ2n) is 6.75. The van der Waals surface area contributed by atoms with Crippen LogP contribution in [0, 0.1) is 18.2 Å². The van der Waals surface area contributed by atoms with Crippen LogP contribution in [-0.4, -0.2) is 42.1 Å². The van der Waals surface area contributed by atoms with Crippen molar-refractivity contribution in [1.29, 1.82) is 0 Å². The molecule has 2 aliphatic rings. The molecule has 0 radical (unpaired) electrons. The Kier molecular flexibility index (Phi) is 5.03. The molecule has 1 amide bonds. The average molecular weight is 342 g/mol.